The van der Waals surface area contributed by atoms with Gasteiger partial charge in [-0.05, 0) is 100 Å². The Bertz CT molecular complexity index is 1770. The molecule has 9 heteroatoms. The molecule has 1 fully saturated rings. The average Bonchev–Trinajstić information content (AvgIpc) is 3.76. The molecular weight excluding hydrogens is 561 g/mol. The number of amides is 1. The number of nitrogens with zero attached hydrogens (tertiary/aromatic N) is 2. The van der Waals surface area contributed by atoms with Crippen LogP contribution < -0.4 is 15.2 Å². The van der Waals surface area contributed by atoms with E-state index in [2.05, 4.69) is 4.98 Å². The van der Waals surface area contributed by atoms with Gasteiger partial charge in [0.25, 0.3) is 0 Å². The number of ether oxygens (including phenoxy) is 2. The van der Waals surface area contributed by atoms with Gasteiger partial charge < -0.3 is 20.3 Å². The minimum absolute atomic E-state index is 0.0108. The molecule has 44 heavy (non-hydrogen) atoms. The van der Waals surface area contributed by atoms with Gasteiger partial charge in [-0.3, -0.25) is 14.6 Å². The summed E-state index contributed by atoms with van der Waals surface area (Å²) < 4.78 is 25.7. The van der Waals surface area contributed by atoms with E-state index in [0.717, 1.165) is 29.5 Å². The van der Waals surface area contributed by atoms with Crippen molar-refractivity contribution in [3.8, 4) is 33.9 Å². The SMILES string of the molecule is Cc1cncc(-c2cc(C(=O)CC[C@](C)(O)c3cc4c(c(-c5ccc(F)cc5)n3)OC[C@]4(C)C(N)=O)ccc2OC2CC2)c1. The van der Waals surface area contributed by atoms with Gasteiger partial charge in [-0.2, -0.15) is 0 Å². The zero-order valence-corrected chi connectivity index (χ0v) is 24.9. The fourth-order valence-electron chi connectivity index (χ4n) is 5.40. The third-order valence-corrected chi connectivity index (χ3v) is 8.43. The number of pyridine rings is 2. The number of aliphatic hydroxyl groups is 1. The predicted octanol–water partition coefficient (Wildman–Crippen LogP) is 5.81. The van der Waals surface area contributed by atoms with Crippen LogP contribution in [0.4, 0.5) is 4.39 Å². The van der Waals surface area contributed by atoms with Crippen LogP contribution in [0.25, 0.3) is 22.4 Å². The highest BCUT2D eigenvalue weighted by atomic mass is 19.1. The Morgan fingerprint density at radius 3 is 2.55 bits per heavy atom. The smallest absolute Gasteiger partial charge is 0.231 e. The van der Waals surface area contributed by atoms with Crippen LogP contribution >= 0.6 is 0 Å². The van der Waals surface area contributed by atoms with Crippen molar-refractivity contribution in [1.82, 2.24) is 9.97 Å². The van der Waals surface area contributed by atoms with Gasteiger partial charge in [-0.15, -0.1) is 0 Å². The van der Waals surface area contributed by atoms with Crippen LogP contribution in [0.1, 0.15) is 66.7 Å². The standard InChI is InChI=1S/C35H34FN3O5/c1-20-14-23(18-38-17-20)26-15-22(6-11-29(26)44-25-9-10-25)28(40)12-13-35(3,42)30-16-27-32(43-19-34(27,2)33(37)41)31(39-30)21-4-7-24(36)8-5-21/h4-8,11,14-18,25,42H,9-10,12-13,19H2,1-3H3,(H2,37,41)/t34-,35-/m0/s1. The van der Waals surface area contributed by atoms with E-state index in [1.54, 1.807) is 50.5 Å². The van der Waals surface area contributed by atoms with Crippen molar-refractivity contribution in [2.45, 2.75) is 63.6 Å². The number of carbonyl (C=O) groups is 2. The molecule has 8 nitrogen and oxygen atoms in total. The highest BCUT2D eigenvalue weighted by molar-refractivity contribution is 5.98. The molecule has 4 aromatic rings. The van der Waals surface area contributed by atoms with Crippen LogP contribution in [0, 0.1) is 12.7 Å². The molecule has 226 valence electrons. The number of primary amides is 1. The monoisotopic (exact) mass is 595 g/mol. The Morgan fingerprint density at radius 1 is 1.11 bits per heavy atom. The molecule has 3 N–H and O–H groups in total. The molecule has 2 atom stereocenters. The van der Waals surface area contributed by atoms with Crippen molar-refractivity contribution in [1.29, 1.82) is 0 Å². The Balaban J connectivity index is 1.30. The van der Waals surface area contributed by atoms with E-state index in [0.29, 0.717) is 33.9 Å². The number of Topliss-reactive ketones (excluding diaryl/α,β-unsaturated/α-hetero) is 1. The number of aryl methyl sites for hydroxylation is 1. The molecule has 6 rings (SSSR count). The van der Waals surface area contributed by atoms with Crippen LogP contribution in [-0.4, -0.2) is 39.5 Å². The highest BCUT2D eigenvalue weighted by Gasteiger charge is 2.45. The lowest BCUT2D eigenvalue weighted by atomic mass is 9.81. The number of ketones is 1. The van der Waals surface area contributed by atoms with E-state index in [1.165, 1.54) is 12.1 Å². The lowest BCUT2D eigenvalue weighted by molar-refractivity contribution is -0.123. The molecule has 0 radical (unpaired) electrons. The van der Waals surface area contributed by atoms with E-state index in [9.17, 15) is 19.1 Å². The van der Waals surface area contributed by atoms with E-state index < -0.39 is 22.7 Å². The van der Waals surface area contributed by atoms with Gasteiger partial charge in [-0.25, -0.2) is 9.37 Å². The molecule has 0 unspecified atom stereocenters. The van der Waals surface area contributed by atoms with Crippen LogP contribution in [0.5, 0.6) is 11.5 Å². The lowest BCUT2D eigenvalue weighted by Crippen LogP contribution is -2.40. The maximum Gasteiger partial charge on any atom is 0.231 e. The van der Waals surface area contributed by atoms with Crippen molar-refractivity contribution in [3.05, 3.63) is 95.2 Å². The minimum atomic E-state index is -1.56. The first-order valence-corrected chi connectivity index (χ1v) is 14.7. The topological polar surface area (TPSA) is 125 Å². The second-order valence-corrected chi connectivity index (χ2v) is 12.2. The van der Waals surface area contributed by atoms with E-state index in [4.69, 9.17) is 20.2 Å². The maximum absolute atomic E-state index is 13.7. The summed E-state index contributed by atoms with van der Waals surface area (Å²) in [5.74, 6) is -0.0831. The molecule has 2 aliphatic rings. The van der Waals surface area contributed by atoms with Gasteiger partial charge in [0.15, 0.2) is 5.78 Å². The maximum atomic E-state index is 13.7. The van der Waals surface area contributed by atoms with Crippen molar-refractivity contribution in [2.24, 2.45) is 5.73 Å². The molecular formula is C35H34FN3O5. The number of hydrogen-bond acceptors (Lipinski definition) is 7. The normalized spacial score (nSPS) is 18.7. The van der Waals surface area contributed by atoms with Gasteiger partial charge in [-0.1, -0.05) is 0 Å². The van der Waals surface area contributed by atoms with Crippen molar-refractivity contribution in [3.63, 3.8) is 0 Å². The summed E-state index contributed by atoms with van der Waals surface area (Å²) in [6.07, 6.45) is 5.80. The summed E-state index contributed by atoms with van der Waals surface area (Å²) in [7, 11) is 0. The van der Waals surface area contributed by atoms with Gasteiger partial charge in [0.2, 0.25) is 5.91 Å². The molecule has 0 spiro atoms. The quantitative estimate of drug-likeness (QED) is 0.222. The zero-order chi connectivity index (χ0) is 31.2. The molecule has 1 aliphatic carbocycles. The molecule has 1 amide bonds. The van der Waals surface area contributed by atoms with Gasteiger partial charge in [0.1, 0.15) is 40.6 Å². The van der Waals surface area contributed by atoms with Crippen molar-refractivity contribution in [2.75, 3.05) is 6.61 Å². The molecule has 2 aromatic carbocycles. The molecule has 0 bridgehead atoms. The molecule has 1 aliphatic heterocycles. The fraction of sp³-hybridized carbons (Fsp3) is 0.314. The van der Waals surface area contributed by atoms with Crippen LogP contribution in [-0.2, 0) is 15.8 Å². The van der Waals surface area contributed by atoms with E-state index in [-0.39, 0.29) is 37.0 Å². The summed E-state index contributed by atoms with van der Waals surface area (Å²) in [5, 5.41) is 11.7. The average molecular weight is 596 g/mol. The van der Waals surface area contributed by atoms with E-state index in [1.807, 2.05) is 25.1 Å². The third-order valence-electron chi connectivity index (χ3n) is 8.43. The van der Waals surface area contributed by atoms with Gasteiger partial charge in [0, 0.05) is 46.6 Å². The predicted molar refractivity (Wildman–Crippen MR) is 163 cm³/mol. The fourth-order valence-corrected chi connectivity index (χ4v) is 5.40. The number of aromatic nitrogens is 2. The van der Waals surface area contributed by atoms with Crippen LogP contribution in [0.2, 0.25) is 0 Å². The number of hydrogen-bond donors (Lipinski definition) is 2. The van der Waals surface area contributed by atoms with Gasteiger partial charge in [0.05, 0.1) is 11.8 Å². The molecule has 3 heterocycles. The Labute approximate surface area is 255 Å². The number of rotatable bonds is 10. The second-order valence-electron chi connectivity index (χ2n) is 12.2. The first-order chi connectivity index (χ1) is 20.9. The third kappa shape index (κ3) is 5.67. The number of carbonyl (C=O) groups excluding carboxylic acids is 2. The van der Waals surface area contributed by atoms with Crippen LogP contribution in [0.15, 0.2) is 67.0 Å². The van der Waals surface area contributed by atoms with Gasteiger partial charge >= 0.3 is 0 Å². The summed E-state index contributed by atoms with van der Waals surface area (Å²) in [6.45, 7) is 5.23. The number of benzene rings is 2. The Morgan fingerprint density at radius 2 is 1.86 bits per heavy atom. The summed E-state index contributed by atoms with van der Waals surface area (Å²) in [6, 6.07) is 14.7. The highest BCUT2D eigenvalue weighted by Crippen LogP contribution is 2.46. The minimum Gasteiger partial charge on any atom is -0.490 e. The van der Waals surface area contributed by atoms with Crippen molar-refractivity contribution < 1.29 is 28.6 Å². The number of nitrogens with two attached hydrogens (primary N) is 1. The summed E-state index contributed by atoms with van der Waals surface area (Å²) in [4.78, 5) is 35.0. The number of halogens is 1. The first kappa shape index (κ1) is 29.4. The molecule has 2 aromatic heterocycles. The zero-order valence-electron chi connectivity index (χ0n) is 24.9. The Hall–Kier alpha value is -4.63. The molecule has 0 saturated heterocycles. The summed E-state index contributed by atoms with van der Waals surface area (Å²) >= 11 is 0. The second kappa shape index (κ2) is 11.1. The largest absolute Gasteiger partial charge is 0.490 e. The van der Waals surface area contributed by atoms with E-state index >= 15 is 0 Å². The lowest BCUT2D eigenvalue weighted by Gasteiger charge is -2.26. The first-order valence-electron chi connectivity index (χ1n) is 14.7. The van der Waals surface area contributed by atoms with Crippen molar-refractivity contribution >= 4 is 11.7 Å². The summed E-state index contributed by atoms with van der Waals surface area (Å²) in [5.41, 5.74) is 7.85. The Kier molecular flexibility index (Phi) is 7.45. The molecule has 1 saturated carbocycles. The van der Waals surface area contributed by atoms with Crippen LogP contribution in [0.3, 0.4) is 0 Å². The number of fused-ring (bicyclic) bond motifs is 1.